The van der Waals surface area contributed by atoms with Crippen molar-refractivity contribution in [3.8, 4) is 0 Å². The van der Waals surface area contributed by atoms with Crippen LogP contribution in [-0.2, 0) is 9.53 Å². The molecular formula is C16H9F21O2. The molecule has 0 bridgehead atoms. The fraction of sp³-hybridized carbons (Fsp3) is 0.812. The quantitative estimate of drug-likeness (QED) is 0.118. The van der Waals surface area contributed by atoms with E-state index in [0.717, 1.165) is 0 Å². The van der Waals surface area contributed by atoms with Crippen LogP contribution in [0.1, 0.15) is 12.8 Å². The second-order valence-corrected chi connectivity index (χ2v) is 7.37. The van der Waals surface area contributed by atoms with E-state index in [1.54, 1.807) is 6.58 Å². The van der Waals surface area contributed by atoms with Crippen LogP contribution in [0.25, 0.3) is 0 Å². The first-order chi connectivity index (χ1) is 16.7. The maximum absolute atomic E-state index is 13.7. The Labute approximate surface area is 200 Å². The first-order valence-electron chi connectivity index (χ1n) is 8.93. The molecule has 0 N–H and O–H groups in total. The zero-order chi connectivity index (χ0) is 32.1. The Balaban J connectivity index is 6.02. The van der Waals surface area contributed by atoms with Crippen molar-refractivity contribution in [3.05, 3.63) is 12.2 Å². The predicted molar refractivity (Wildman–Crippen MR) is 81.0 cm³/mol. The summed E-state index contributed by atoms with van der Waals surface area (Å²) in [5.74, 6) is -62.3. The van der Waals surface area contributed by atoms with Crippen molar-refractivity contribution >= 4 is 5.97 Å². The molecule has 0 aromatic carbocycles. The summed E-state index contributed by atoms with van der Waals surface area (Å²) in [6, 6.07) is 0. The van der Waals surface area contributed by atoms with Crippen molar-refractivity contribution in [2.45, 2.75) is 72.8 Å². The highest BCUT2D eigenvalue weighted by molar-refractivity contribution is 5.90. The highest BCUT2D eigenvalue weighted by Gasteiger charge is 2.88. The van der Waals surface area contributed by atoms with Gasteiger partial charge in [-0.05, 0) is 0 Å². The van der Waals surface area contributed by atoms with Gasteiger partial charge in [-0.3, -0.25) is 0 Å². The molecule has 0 heterocycles. The van der Waals surface area contributed by atoms with Gasteiger partial charge in [0.05, 0.1) is 0 Å². The molecule has 0 aromatic heterocycles. The lowest BCUT2D eigenvalue weighted by Gasteiger charge is -2.39. The van der Waals surface area contributed by atoms with Crippen LogP contribution in [0, 0.1) is 0 Å². The summed E-state index contributed by atoms with van der Waals surface area (Å²) in [7, 11) is 0. The average Bonchev–Trinajstić information content (AvgIpc) is 2.74. The van der Waals surface area contributed by atoms with Gasteiger partial charge in [-0.1, -0.05) is 6.58 Å². The zero-order valence-electron chi connectivity index (χ0n) is 17.7. The number of hydrogen-bond acceptors (Lipinski definition) is 2. The van der Waals surface area contributed by atoms with Crippen LogP contribution in [0.15, 0.2) is 12.2 Å². The van der Waals surface area contributed by atoms with Crippen LogP contribution >= 0.6 is 0 Å². The Bertz CT molecular complexity index is 900. The van der Waals surface area contributed by atoms with Gasteiger partial charge in [0.25, 0.3) is 0 Å². The average molecular weight is 632 g/mol. The standard InChI is InChI=1S/C16H9F21O2/c1-5(11(26,27)13(30,31)8(19,20)2-3-10(23,24)25)6(38)39-4-9(21,22)14(32,33)16(36,37)15(34,35)12(28,29)7(17)18/h7H,1-4H2. The fourth-order valence-electron chi connectivity index (χ4n) is 2.11. The second kappa shape index (κ2) is 10.3. The Morgan fingerprint density at radius 2 is 1.00 bits per heavy atom. The minimum Gasteiger partial charge on any atom is -0.456 e. The van der Waals surface area contributed by atoms with Gasteiger partial charge < -0.3 is 4.74 Å². The van der Waals surface area contributed by atoms with Gasteiger partial charge in [-0.25, -0.2) is 13.6 Å². The highest BCUT2D eigenvalue weighted by Crippen LogP contribution is 2.58. The maximum Gasteiger partial charge on any atom is 0.389 e. The third kappa shape index (κ3) is 6.24. The van der Waals surface area contributed by atoms with Crippen molar-refractivity contribution in [1.29, 1.82) is 0 Å². The molecule has 0 aliphatic rings. The Morgan fingerprint density at radius 3 is 1.36 bits per heavy atom. The van der Waals surface area contributed by atoms with Crippen LogP contribution in [-0.4, -0.2) is 72.6 Å². The minimum absolute atomic E-state index is 1.67. The van der Waals surface area contributed by atoms with E-state index in [-0.39, 0.29) is 0 Å². The normalized spacial score (nSPS) is 15.5. The fourth-order valence-corrected chi connectivity index (χ4v) is 2.11. The molecular weight excluding hydrogens is 623 g/mol. The van der Waals surface area contributed by atoms with Crippen molar-refractivity contribution in [3.63, 3.8) is 0 Å². The van der Waals surface area contributed by atoms with Crippen molar-refractivity contribution in [2.75, 3.05) is 6.61 Å². The molecule has 0 saturated heterocycles. The molecule has 0 radical (unpaired) electrons. The summed E-state index contributed by atoms with van der Waals surface area (Å²) in [5.41, 5.74) is -3.40. The predicted octanol–water partition coefficient (Wildman–Crippen LogP) is 7.78. The van der Waals surface area contributed by atoms with Crippen LogP contribution in [0.3, 0.4) is 0 Å². The lowest BCUT2D eigenvalue weighted by atomic mass is 9.94. The molecule has 0 amide bonds. The largest absolute Gasteiger partial charge is 0.456 e. The monoisotopic (exact) mass is 632 g/mol. The number of halogens is 21. The topological polar surface area (TPSA) is 26.3 Å². The first kappa shape index (κ1) is 36.7. The molecule has 0 saturated carbocycles. The lowest BCUT2D eigenvalue weighted by Crippen LogP contribution is -2.69. The summed E-state index contributed by atoms with van der Waals surface area (Å²) < 4.78 is 276. The molecule has 2 nitrogen and oxygen atoms in total. The summed E-state index contributed by atoms with van der Waals surface area (Å²) in [6.07, 6.45) is -17.4. The van der Waals surface area contributed by atoms with E-state index in [9.17, 15) is 97.0 Å². The van der Waals surface area contributed by atoms with Gasteiger partial charge in [-0.2, -0.15) is 83.4 Å². The summed E-state index contributed by atoms with van der Waals surface area (Å²) in [4.78, 5) is 11.3. The van der Waals surface area contributed by atoms with Crippen molar-refractivity contribution in [2.24, 2.45) is 0 Å². The van der Waals surface area contributed by atoms with Gasteiger partial charge in [0, 0.05) is 12.8 Å². The van der Waals surface area contributed by atoms with Crippen LogP contribution in [0.2, 0.25) is 0 Å². The van der Waals surface area contributed by atoms with E-state index < -0.39 is 91.0 Å². The van der Waals surface area contributed by atoms with E-state index in [1.807, 2.05) is 0 Å². The molecule has 0 aliphatic heterocycles. The van der Waals surface area contributed by atoms with Gasteiger partial charge in [0.1, 0.15) is 5.57 Å². The van der Waals surface area contributed by atoms with E-state index >= 15 is 0 Å². The zero-order valence-corrected chi connectivity index (χ0v) is 17.7. The SMILES string of the molecule is C=C(C(=O)OCC(F)(F)C(F)(F)C(F)(F)C(F)(F)C(F)(F)C(F)F)C(F)(F)C(F)(F)C(F)(F)CCC(F)(F)F. The van der Waals surface area contributed by atoms with E-state index in [1.165, 1.54) is 0 Å². The third-order valence-corrected chi connectivity index (χ3v) is 4.53. The first-order valence-corrected chi connectivity index (χ1v) is 8.93. The maximum atomic E-state index is 13.7. The highest BCUT2D eigenvalue weighted by atomic mass is 19.4. The molecule has 0 atom stereocenters. The molecule has 39 heavy (non-hydrogen) atoms. The molecule has 232 valence electrons. The number of hydrogen-bond donors (Lipinski definition) is 0. The molecule has 23 heteroatoms. The second-order valence-electron chi connectivity index (χ2n) is 7.37. The lowest BCUT2D eigenvalue weighted by molar-refractivity contribution is -0.414. The van der Waals surface area contributed by atoms with Crippen LogP contribution in [0.4, 0.5) is 92.2 Å². The summed E-state index contributed by atoms with van der Waals surface area (Å²) in [6.45, 7) is -2.20. The van der Waals surface area contributed by atoms with Crippen LogP contribution in [0.5, 0.6) is 0 Å². The van der Waals surface area contributed by atoms with Gasteiger partial charge in [0.15, 0.2) is 6.61 Å². The molecule has 0 spiro atoms. The Hall–Kier alpha value is -2.26. The van der Waals surface area contributed by atoms with Crippen molar-refractivity contribution < 1.29 is 102 Å². The van der Waals surface area contributed by atoms with Gasteiger partial charge in [0.2, 0.25) is 0 Å². The van der Waals surface area contributed by atoms with Gasteiger partial charge >= 0.3 is 66.0 Å². The van der Waals surface area contributed by atoms with Crippen molar-refractivity contribution in [1.82, 2.24) is 0 Å². The van der Waals surface area contributed by atoms with Crippen LogP contribution < -0.4 is 0 Å². The number of ether oxygens (including phenoxy) is 1. The number of alkyl halides is 21. The molecule has 0 unspecified atom stereocenters. The van der Waals surface area contributed by atoms with Gasteiger partial charge in [-0.15, -0.1) is 0 Å². The van der Waals surface area contributed by atoms with E-state index in [2.05, 4.69) is 4.74 Å². The van der Waals surface area contributed by atoms with E-state index in [4.69, 9.17) is 0 Å². The Kier molecular flexibility index (Phi) is 9.69. The number of esters is 1. The molecule has 0 aromatic rings. The number of rotatable bonds is 13. The number of carbonyl (C=O) groups excluding carboxylic acids is 1. The van der Waals surface area contributed by atoms with E-state index in [0.29, 0.717) is 0 Å². The molecule has 0 fully saturated rings. The summed E-state index contributed by atoms with van der Waals surface area (Å²) in [5, 5.41) is 0. The summed E-state index contributed by atoms with van der Waals surface area (Å²) >= 11 is 0. The third-order valence-electron chi connectivity index (χ3n) is 4.53. The minimum atomic E-state index is -8.15. The Morgan fingerprint density at radius 1 is 0.590 bits per heavy atom. The number of carbonyl (C=O) groups is 1. The molecule has 0 aliphatic carbocycles. The molecule has 0 rings (SSSR count). The smallest absolute Gasteiger partial charge is 0.389 e.